The lowest BCUT2D eigenvalue weighted by atomic mass is 10.3. The molecule has 0 atom stereocenters. The molecule has 1 N–H and O–H groups in total. The summed E-state index contributed by atoms with van der Waals surface area (Å²) >= 11 is 7.13. The molecule has 166 valence electrons. The van der Waals surface area contributed by atoms with Crippen LogP contribution >= 0.6 is 23.4 Å². The maximum Gasteiger partial charge on any atom is 0.269 e. The van der Waals surface area contributed by atoms with E-state index >= 15 is 0 Å². The lowest BCUT2D eigenvalue weighted by molar-refractivity contribution is -0.384. The maximum absolute atomic E-state index is 13.2. The van der Waals surface area contributed by atoms with E-state index in [2.05, 4.69) is 22.1 Å². The summed E-state index contributed by atoms with van der Waals surface area (Å²) in [4.78, 5) is 22.4. The minimum Gasteiger partial charge on any atom is -0.484 e. The molecule has 9 nitrogen and oxygen atoms in total. The van der Waals surface area contributed by atoms with Crippen LogP contribution in [0.1, 0.15) is 5.82 Å². The van der Waals surface area contributed by atoms with Crippen LogP contribution in [0.5, 0.6) is 5.75 Å². The highest BCUT2D eigenvalue weighted by Gasteiger charge is 2.15. The Balaban J connectivity index is 1.61. The summed E-state index contributed by atoms with van der Waals surface area (Å²) in [7, 11) is 0. The molecular formula is C20H17ClFN5O4S. The van der Waals surface area contributed by atoms with Gasteiger partial charge in [0.1, 0.15) is 18.2 Å². The normalized spacial score (nSPS) is 10.6. The van der Waals surface area contributed by atoms with E-state index < -0.39 is 10.7 Å². The predicted molar refractivity (Wildman–Crippen MR) is 118 cm³/mol. The van der Waals surface area contributed by atoms with Crippen molar-refractivity contribution >= 4 is 40.6 Å². The topological polar surface area (TPSA) is 112 Å². The van der Waals surface area contributed by atoms with Gasteiger partial charge in [0.05, 0.1) is 15.7 Å². The number of carbonyl (C=O) groups excluding carboxylic acids is 1. The lowest BCUT2D eigenvalue weighted by Crippen LogP contribution is -2.15. The first-order valence-electron chi connectivity index (χ1n) is 9.15. The van der Waals surface area contributed by atoms with Gasteiger partial charge in [-0.1, -0.05) is 29.4 Å². The summed E-state index contributed by atoms with van der Waals surface area (Å²) in [5.41, 5.74) is 0.380. The van der Waals surface area contributed by atoms with E-state index in [1.54, 1.807) is 10.6 Å². The van der Waals surface area contributed by atoms with Crippen molar-refractivity contribution in [2.45, 2.75) is 18.3 Å². The predicted octanol–water partition coefficient (Wildman–Crippen LogP) is 4.47. The Labute approximate surface area is 191 Å². The summed E-state index contributed by atoms with van der Waals surface area (Å²) in [6.07, 6.45) is 1.65. The lowest BCUT2D eigenvalue weighted by Gasteiger charge is -2.10. The van der Waals surface area contributed by atoms with Gasteiger partial charge in [0.25, 0.3) is 5.69 Å². The highest BCUT2D eigenvalue weighted by atomic mass is 35.5. The number of nitro groups is 1. The van der Waals surface area contributed by atoms with Crippen LogP contribution < -0.4 is 10.1 Å². The molecule has 0 aliphatic carbocycles. The second-order valence-corrected chi connectivity index (χ2v) is 7.65. The van der Waals surface area contributed by atoms with E-state index in [0.717, 1.165) is 17.8 Å². The Kier molecular flexibility index (Phi) is 7.79. The van der Waals surface area contributed by atoms with Gasteiger partial charge in [0.2, 0.25) is 5.91 Å². The summed E-state index contributed by atoms with van der Waals surface area (Å²) in [5, 5.41) is 22.2. The van der Waals surface area contributed by atoms with Crippen LogP contribution in [0.4, 0.5) is 15.8 Å². The minimum atomic E-state index is -0.515. The smallest absolute Gasteiger partial charge is 0.269 e. The van der Waals surface area contributed by atoms with Gasteiger partial charge >= 0.3 is 0 Å². The number of nitrogens with zero attached hydrogens (tertiary/aromatic N) is 4. The number of nitro benzene ring substituents is 1. The summed E-state index contributed by atoms with van der Waals surface area (Å²) in [5.74, 6) is 0.0360. The third-order valence-electron chi connectivity index (χ3n) is 4.05. The van der Waals surface area contributed by atoms with Crippen LogP contribution in [-0.4, -0.2) is 31.3 Å². The number of carbonyl (C=O) groups is 1. The van der Waals surface area contributed by atoms with Gasteiger partial charge in [-0.2, -0.15) is 0 Å². The van der Waals surface area contributed by atoms with Crippen molar-refractivity contribution in [3.8, 4) is 5.75 Å². The van der Waals surface area contributed by atoms with E-state index in [0.29, 0.717) is 29.0 Å². The molecule has 0 bridgehead atoms. The maximum atomic E-state index is 13.2. The van der Waals surface area contributed by atoms with Crippen LogP contribution in [0.25, 0.3) is 0 Å². The number of anilines is 1. The second-order valence-electron chi connectivity index (χ2n) is 6.30. The third-order valence-corrected chi connectivity index (χ3v) is 5.31. The highest BCUT2D eigenvalue weighted by molar-refractivity contribution is 7.99. The zero-order valence-corrected chi connectivity index (χ0v) is 18.1. The molecule has 1 heterocycles. The van der Waals surface area contributed by atoms with Crippen LogP contribution in [-0.2, 0) is 17.9 Å². The fourth-order valence-corrected chi connectivity index (χ4v) is 3.56. The number of allylic oxidation sites excluding steroid dienone is 1. The summed E-state index contributed by atoms with van der Waals surface area (Å²) < 4.78 is 20.5. The summed E-state index contributed by atoms with van der Waals surface area (Å²) in [6, 6.07) is 9.33. The van der Waals surface area contributed by atoms with E-state index in [9.17, 15) is 19.3 Å². The fourth-order valence-electron chi connectivity index (χ4n) is 2.57. The minimum absolute atomic E-state index is 0.0295. The first kappa shape index (κ1) is 23.2. The number of non-ortho nitro benzene ring substituents is 1. The van der Waals surface area contributed by atoms with Crippen molar-refractivity contribution in [1.82, 2.24) is 14.8 Å². The Morgan fingerprint density at radius 1 is 1.31 bits per heavy atom. The van der Waals surface area contributed by atoms with Gasteiger partial charge in [-0.25, -0.2) is 4.39 Å². The molecule has 0 saturated carbocycles. The fraction of sp³-hybridized carbons (Fsp3) is 0.150. The van der Waals surface area contributed by atoms with Crippen LogP contribution in [0.15, 0.2) is 60.3 Å². The van der Waals surface area contributed by atoms with Crippen LogP contribution in [0.2, 0.25) is 5.02 Å². The first-order chi connectivity index (χ1) is 15.4. The molecule has 3 rings (SSSR count). The number of rotatable bonds is 10. The van der Waals surface area contributed by atoms with Gasteiger partial charge < -0.3 is 10.1 Å². The first-order valence-corrected chi connectivity index (χ1v) is 10.5. The Morgan fingerprint density at radius 2 is 2.06 bits per heavy atom. The SMILES string of the molecule is C=CCn1c(COc2ccc(F)cc2Cl)nnc1SCC(=O)Nc1ccc([N+](=O)[O-])cc1. The summed E-state index contributed by atoms with van der Waals surface area (Å²) in [6.45, 7) is 4.13. The molecular weight excluding hydrogens is 461 g/mol. The molecule has 0 saturated heterocycles. The Morgan fingerprint density at radius 3 is 2.72 bits per heavy atom. The molecule has 1 amide bonds. The number of hydrogen-bond acceptors (Lipinski definition) is 7. The molecule has 0 fully saturated rings. The largest absolute Gasteiger partial charge is 0.484 e. The van der Waals surface area contributed by atoms with Gasteiger partial charge in [0.15, 0.2) is 11.0 Å². The quantitative estimate of drug-likeness (QED) is 0.198. The van der Waals surface area contributed by atoms with Crippen molar-refractivity contribution in [2.24, 2.45) is 0 Å². The molecule has 32 heavy (non-hydrogen) atoms. The molecule has 0 aliphatic rings. The van der Waals surface area contributed by atoms with Crippen molar-refractivity contribution in [1.29, 1.82) is 0 Å². The zero-order valence-electron chi connectivity index (χ0n) is 16.5. The number of aromatic nitrogens is 3. The Bertz CT molecular complexity index is 1140. The molecule has 1 aromatic heterocycles. The van der Waals surface area contributed by atoms with E-state index in [-0.39, 0.29) is 29.0 Å². The third kappa shape index (κ3) is 6.05. The molecule has 2 aromatic carbocycles. The number of nitrogens with one attached hydrogen (secondary N) is 1. The standard InChI is InChI=1S/C20H17ClFN5O4S/c1-2-9-26-18(11-31-17-8-3-13(22)10-16(17)21)24-25-20(26)32-12-19(28)23-14-4-6-15(7-5-14)27(29)30/h2-8,10H,1,9,11-12H2,(H,23,28). The monoisotopic (exact) mass is 477 g/mol. The highest BCUT2D eigenvalue weighted by Crippen LogP contribution is 2.26. The van der Waals surface area contributed by atoms with Gasteiger partial charge in [-0.3, -0.25) is 19.5 Å². The Hall–Kier alpha value is -3.44. The van der Waals surface area contributed by atoms with E-state index in [4.69, 9.17) is 16.3 Å². The molecule has 3 aromatic rings. The van der Waals surface area contributed by atoms with Crippen molar-refractivity contribution in [2.75, 3.05) is 11.1 Å². The van der Waals surface area contributed by atoms with Crippen molar-refractivity contribution < 1.29 is 18.8 Å². The average molecular weight is 478 g/mol. The number of halogens is 2. The van der Waals surface area contributed by atoms with E-state index in [1.165, 1.54) is 36.4 Å². The van der Waals surface area contributed by atoms with Gasteiger partial charge in [-0.15, -0.1) is 16.8 Å². The van der Waals surface area contributed by atoms with Crippen molar-refractivity contribution in [3.05, 3.63) is 81.9 Å². The number of hydrogen-bond donors (Lipinski definition) is 1. The molecule has 0 radical (unpaired) electrons. The molecule has 0 aliphatic heterocycles. The molecule has 0 unspecified atom stereocenters. The second kappa shape index (κ2) is 10.7. The van der Waals surface area contributed by atoms with E-state index in [1.807, 2.05) is 0 Å². The van der Waals surface area contributed by atoms with Crippen molar-refractivity contribution in [3.63, 3.8) is 0 Å². The number of ether oxygens (including phenoxy) is 1. The molecule has 0 spiro atoms. The van der Waals surface area contributed by atoms with Gasteiger partial charge in [0, 0.05) is 24.4 Å². The number of thioether (sulfide) groups is 1. The number of benzene rings is 2. The average Bonchev–Trinajstić information content (AvgIpc) is 3.14. The zero-order chi connectivity index (χ0) is 23.1. The van der Waals surface area contributed by atoms with Crippen LogP contribution in [0.3, 0.4) is 0 Å². The molecule has 12 heteroatoms. The number of amides is 1. The van der Waals surface area contributed by atoms with Crippen LogP contribution in [0, 0.1) is 15.9 Å². The van der Waals surface area contributed by atoms with Gasteiger partial charge in [-0.05, 0) is 30.3 Å².